The fraction of sp³-hybridized carbons (Fsp3) is 0.323. The highest BCUT2D eigenvalue weighted by molar-refractivity contribution is 5.88. The molecule has 0 aliphatic carbocycles. The summed E-state index contributed by atoms with van der Waals surface area (Å²) in [6, 6.07) is 17.8. The Morgan fingerprint density at radius 3 is 2.58 bits per heavy atom. The normalized spacial score (nSPS) is 13.7. The van der Waals surface area contributed by atoms with Gasteiger partial charge in [-0.05, 0) is 30.2 Å². The van der Waals surface area contributed by atoms with Gasteiger partial charge in [0.1, 0.15) is 19.0 Å². The highest BCUT2D eigenvalue weighted by Gasteiger charge is 2.18. The summed E-state index contributed by atoms with van der Waals surface area (Å²) in [5.74, 6) is 0.926. The number of fused-ring (bicyclic) bond motifs is 1. The van der Waals surface area contributed by atoms with E-state index in [2.05, 4.69) is 20.0 Å². The molecule has 12 nitrogen and oxygen atoms in total. The molecule has 1 fully saturated rings. The van der Waals surface area contributed by atoms with Gasteiger partial charge in [0.15, 0.2) is 11.2 Å². The fourth-order valence-electron chi connectivity index (χ4n) is 4.71. The quantitative estimate of drug-likeness (QED) is 0.202. The molecular formula is C31H33N7O5. The van der Waals surface area contributed by atoms with Gasteiger partial charge in [-0.3, -0.25) is 4.90 Å². The van der Waals surface area contributed by atoms with Crippen LogP contribution in [0.4, 0.5) is 0 Å². The molecule has 1 aliphatic heterocycles. The van der Waals surface area contributed by atoms with E-state index in [4.69, 9.17) is 23.9 Å². The van der Waals surface area contributed by atoms with Crippen molar-refractivity contribution in [2.24, 2.45) is 0 Å². The van der Waals surface area contributed by atoms with E-state index >= 15 is 0 Å². The van der Waals surface area contributed by atoms with E-state index in [1.54, 1.807) is 19.4 Å². The second kappa shape index (κ2) is 13.4. The van der Waals surface area contributed by atoms with Crippen LogP contribution in [0.1, 0.15) is 28.4 Å². The van der Waals surface area contributed by atoms with Crippen molar-refractivity contribution in [1.29, 1.82) is 0 Å². The fourth-order valence-corrected chi connectivity index (χ4v) is 4.71. The van der Waals surface area contributed by atoms with Crippen LogP contribution in [-0.2, 0) is 22.6 Å². The van der Waals surface area contributed by atoms with Crippen LogP contribution in [0.25, 0.3) is 17.1 Å². The maximum atomic E-state index is 12.2. The molecule has 5 aromatic rings. The summed E-state index contributed by atoms with van der Waals surface area (Å²) >= 11 is 0. The molecule has 12 heteroatoms. The maximum Gasteiger partial charge on any atom is 0.341 e. The van der Waals surface area contributed by atoms with Gasteiger partial charge in [-0.1, -0.05) is 42.5 Å². The molecule has 0 saturated carbocycles. The molecule has 2 aromatic carbocycles. The largest absolute Gasteiger partial charge is 0.492 e. The lowest BCUT2D eigenvalue weighted by Crippen LogP contribution is -2.38. The summed E-state index contributed by atoms with van der Waals surface area (Å²) in [6.07, 6.45) is 4.69. The number of ether oxygens (including phenoxy) is 4. The highest BCUT2D eigenvalue weighted by Crippen LogP contribution is 2.25. The van der Waals surface area contributed by atoms with E-state index in [1.165, 1.54) is 10.9 Å². The number of esters is 1. The maximum absolute atomic E-state index is 12.2. The number of carbonyl (C=O) groups excluding carboxylic acids is 1. The minimum absolute atomic E-state index is 0.247. The number of rotatable bonds is 12. The van der Waals surface area contributed by atoms with E-state index in [0.29, 0.717) is 42.4 Å². The molecule has 0 radical (unpaired) electrons. The predicted molar refractivity (Wildman–Crippen MR) is 157 cm³/mol. The van der Waals surface area contributed by atoms with Crippen molar-refractivity contribution in [3.05, 3.63) is 90.0 Å². The third-order valence-electron chi connectivity index (χ3n) is 6.99. The van der Waals surface area contributed by atoms with E-state index in [0.717, 1.165) is 49.7 Å². The van der Waals surface area contributed by atoms with Gasteiger partial charge in [-0.15, -0.1) is 0 Å². The summed E-state index contributed by atoms with van der Waals surface area (Å²) in [5.41, 5.74) is 3.45. The van der Waals surface area contributed by atoms with Gasteiger partial charge in [0, 0.05) is 25.8 Å². The Labute approximate surface area is 248 Å². The van der Waals surface area contributed by atoms with Crippen molar-refractivity contribution < 1.29 is 23.7 Å². The molecule has 0 amide bonds. The molecule has 222 valence electrons. The van der Waals surface area contributed by atoms with Gasteiger partial charge >= 0.3 is 5.97 Å². The SMILES string of the molecule is CCOC(=O)c1cnn(-c2nc(OCc3ccccc3)c3ncn(Cc4ccc(OCCN5CCOCC5)cc4)c3n2)c1. The minimum Gasteiger partial charge on any atom is -0.492 e. The van der Waals surface area contributed by atoms with Crippen molar-refractivity contribution >= 4 is 17.1 Å². The van der Waals surface area contributed by atoms with Crippen molar-refractivity contribution in [3.8, 4) is 17.6 Å². The lowest BCUT2D eigenvalue weighted by molar-refractivity contribution is 0.0322. The van der Waals surface area contributed by atoms with Gasteiger partial charge in [-0.2, -0.15) is 15.1 Å². The molecule has 1 saturated heterocycles. The first-order valence-corrected chi connectivity index (χ1v) is 14.3. The van der Waals surface area contributed by atoms with Crippen molar-refractivity contribution in [3.63, 3.8) is 0 Å². The monoisotopic (exact) mass is 583 g/mol. The van der Waals surface area contributed by atoms with Crippen molar-refractivity contribution in [1.82, 2.24) is 34.2 Å². The first-order valence-electron chi connectivity index (χ1n) is 14.3. The number of hydrogen-bond donors (Lipinski definition) is 0. The zero-order valence-corrected chi connectivity index (χ0v) is 24.0. The first-order chi connectivity index (χ1) is 21.2. The smallest absolute Gasteiger partial charge is 0.341 e. The van der Waals surface area contributed by atoms with Crippen molar-refractivity contribution in [2.45, 2.75) is 20.1 Å². The second-order valence-electron chi connectivity index (χ2n) is 9.99. The van der Waals surface area contributed by atoms with Gasteiger partial charge in [0.25, 0.3) is 5.95 Å². The van der Waals surface area contributed by atoms with E-state index in [9.17, 15) is 4.79 Å². The zero-order valence-electron chi connectivity index (χ0n) is 24.0. The molecular weight excluding hydrogens is 550 g/mol. The van der Waals surface area contributed by atoms with Gasteiger partial charge in [0.05, 0.1) is 44.5 Å². The zero-order chi connectivity index (χ0) is 29.4. The molecule has 43 heavy (non-hydrogen) atoms. The number of nitrogens with zero attached hydrogens (tertiary/aromatic N) is 7. The lowest BCUT2D eigenvalue weighted by atomic mass is 10.2. The third kappa shape index (κ3) is 6.99. The summed E-state index contributed by atoms with van der Waals surface area (Å²) in [6.45, 7) is 7.79. The molecule has 0 atom stereocenters. The standard InChI is InChI=1S/C31H33N7O5/c1-2-41-30(39)25-18-33-38(20-25)31-34-28-27(29(35-31)43-21-24-6-4-3-5-7-24)32-22-37(28)19-23-8-10-26(11-9-23)42-17-14-36-12-15-40-16-13-36/h3-11,18,20,22H,2,12-17,19,21H2,1H3. The number of benzene rings is 2. The van der Waals surface area contributed by atoms with Crippen LogP contribution in [0.3, 0.4) is 0 Å². The van der Waals surface area contributed by atoms with E-state index in [1.807, 2.05) is 59.2 Å². The summed E-state index contributed by atoms with van der Waals surface area (Å²) in [7, 11) is 0. The van der Waals surface area contributed by atoms with Crippen molar-refractivity contribution in [2.75, 3.05) is 46.1 Å². The average molecular weight is 584 g/mol. The lowest BCUT2D eigenvalue weighted by Gasteiger charge is -2.26. The van der Waals surface area contributed by atoms with Crippen LogP contribution in [-0.4, -0.2) is 86.2 Å². The van der Waals surface area contributed by atoms with Gasteiger partial charge in [0.2, 0.25) is 5.88 Å². The van der Waals surface area contributed by atoms with Gasteiger partial charge in [-0.25, -0.2) is 14.5 Å². The summed E-state index contributed by atoms with van der Waals surface area (Å²) in [5, 5.41) is 4.30. The number of morpholine rings is 1. The van der Waals surface area contributed by atoms with Crippen LogP contribution in [0.5, 0.6) is 11.6 Å². The van der Waals surface area contributed by atoms with Gasteiger partial charge < -0.3 is 23.5 Å². The molecule has 3 aromatic heterocycles. The Bertz CT molecular complexity index is 1650. The topological polar surface area (TPSA) is 119 Å². The summed E-state index contributed by atoms with van der Waals surface area (Å²) < 4.78 is 26.0. The molecule has 4 heterocycles. The number of carbonyl (C=O) groups is 1. The molecule has 1 aliphatic rings. The first kappa shape index (κ1) is 28.3. The summed E-state index contributed by atoms with van der Waals surface area (Å²) in [4.78, 5) is 28.5. The molecule has 0 bridgehead atoms. The van der Waals surface area contributed by atoms with Crippen LogP contribution >= 0.6 is 0 Å². The Morgan fingerprint density at radius 2 is 1.79 bits per heavy atom. The third-order valence-corrected chi connectivity index (χ3v) is 6.99. The second-order valence-corrected chi connectivity index (χ2v) is 9.99. The van der Waals surface area contributed by atoms with Crippen LogP contribution in [0, 0.1) is 0 Å². The average Bonchev–Trinajstić information content (AvgIpc) is 3.70. The predicted octanol–water partition coefficient (Wildman–Crippen LogP) is 3.53. The van der Waals surface area contributed by atoms with E-state index in [-0.39, 0.29) is 12.6 Å². The molecule has 0 spiro atoms. The van der Waals surface area contributed by atoms with Crippen LogP contribution < -0.4 is 9.47 Å². The Kier molecular flexibility index (Phi) is 8.85. The number of hydrogen-bond acceptors (Lipinski definition) is 10. The molecule has 0 N–H and O–H groups in total. The Hall–Kier alpha value is -4.81. The molecule has 6 rings (SSSR count). The minimum atomic E-state index is -0.464. The highest BCUT2D eigenvalue weighted by atomic mass is 16.5. The van der Waals surface area contributed by atoms with E-state index < -0.39 is 5.97 Å². The van der Waals surface area contributed by atoms with Crippen LogP contribution in [0.15, 0.2) is 73.3 Å². The Morgan fingerprint density at radius 1 is 0.977 bits per heavy atom. The number of imidazole rings is 1. The number of aromatic nitrogens is 6. The molecule has 0 unspecified atom stereocenters. The van der Waals surface area contributed by atoms with Crippen LogP contribution in [0.2, 0.25) is 0 Å². The Balaban J connectivity index is 1.22.